The number of carbonyl (C=O) groups excluding carboxylic acids is 1. The fourth-order valence-electron chi connectivity index (χ4n) is 4.35. The average molecular weight is 320 g/mol. The minimum atomic E-state index is -0.119. The molecule has 0 unspecified atom stereocenters. The summed E-state index contributed by atoms with van der Waals surface area (Å²) in [6, 6.07) is 0. The predicted molar refractivity (Wildman–Crippen MR) is 83.0 cm³/mol. The number of rotatable bonds is 1. The highest BCUT2D eigenvalue weighted by molar-refractivity contribution is 5.79. The summed E-state index contributed by atoms with van der Waals surface area (Å²) in [4.78, 5) is 27.0. The van der Waals surface area contributed by atoms with E-state index < -0.39 is 0 Å². The lowest BCUT2D eigenvalue weighted by atomic mass is 9.95. The van der Waals surface area contributed by atoms with Crippen molar-refractivity contribution < 1.29 is 9.53 Å². The van der Waals surface area contributed by atoms with Crippen molar-refractivity contribution in [2.75, 3.05) is 19.7 Å². The second-order valence-corrected chi connectivity index (χ2v) is 7.17. The maximum Gasteiger partial charge on any atom is 0.345 e. The molecule has 2 fully saturated rings. The van der Waals surface area contributed by atoms with Gasteiger partial charge >= 0.3 is 5.69 Å². The number of hydrogen-bond donors (Lipinski definition) is 0. The zero-order chi connectivity index (χ0) is 16.0. The van der Waals surface area contributed by atoms with Crippen LogP contribution in [0.25, 0.3) is 0 Å². The summed E-state index contributed by atoms with van der Waals surface area (Å²) < 4.78 is 9.04. The Balaban J connectivity index is 1.49. The van der Waals surface area contributed by atoms with Gasteiger partial charge in [-0.1, -0.05) is 12.8 Å². The summed E-state index contributed by atoms with van der Waals surface area (Å²) in [7, 11) is 1.66. The van der Waals surface area contributed by atoms with Crippen LogP contribution in [0, 0.1) is 5.92 Å². The van der Waals surface area contributed by atoms with Gasteiger partial charge in [-0.3, -0.25) is 9.36 Å². The van der Waals surface area contributed by atoms with E-state index in [0.717, 1.165) is 31.6 Å². The first kappa shape index (κ1) is 14.9. The lowest BCUT2D eigenvalue weighted by Crippen LogP contribution is -2.54. The van der Waals surface area contributed by atoms with E-state index in [1.807, 2.05) is 4.90 Å². The quantitative estimate of drug-likeness (QED) is 0.747. The Bertz CT molecular complexity index is 671. The number of aromatic nitrogens is 3. The Kier molecular flexibility index (Phi) is 3.55. The predicted octanol–water partition coefficient (Wildman–Crippen LogP) is 0.316. The third-order valence-corrected chi connectivity index (χ3v) is 5.63. The summed E-state index contributed by atoms with van der Waals surface area (Å²) in [6.07, 6.45) is 5.99. The normalized spacial score (nSPS) is 26.5. The van der Waals surface area contributed by atoms with Crippen LogP contribution < -0.4 is 5.69 Å². The number of amides is 1. The van der Waals surface area contributed by atoms with Crippen LogP contribution in [0.5, 0.6) is 0 Å². The van der Waals surface area contributed by atoms with Crippen molar-refractivity contribution in [3.8, 4) is 0 Å². The highest BCUT2D eigenvalue weighted by Crippen LogP contribution is 2.36. The number of carbonyl (C=O) groups is 1. The molecular formula is C16H24N4O3. The van der Waals surface area contributed by atoms with Crippen molar-refractivity contribution >= 4 is 5.91 Å². The van der Waals surface area contributed by atoms with E-state index in [9.17, 15) is 9.59 Å². The fourth-order valence-corrected chi connectivity index (χ4v) is 4.35. The molecule has 0 N–H and O–H groups in total. The molecule has 1 amide bonds. The highest BCUT2D eigenvalue weighted by atomic mass is 16.5. The fraction of sp³-hybridized carbons (Fsp3) is 0.812. The van der Waals surface area contributed by atoms with E-state index in [0.29, 0.717) is 26.1 Å². The molecule has 0 radical (unpaired) electrons. The van der Waals surface area contributed by atoms with Crippen molar-refractivity contribution in [2.24, 2.45) is 13.0 Å². The van der Waals surface area contributed by atoms with E-state index in [2.05, 4.69) is 5.10 Å². The zero-order valence-corrected chi connectivity index (χ0v) is 13.7. The van der Waals surface area contributed by atoms with Crippen molar-refractivity contribution in [2.45, 2.75) is 50.7 Å². The molecule has 2 aliphatic heterocycles. The maximum absolute atomic E-state index is 12.9. The third-order valence-electron chi connectivity index (χ3n) is 5.63. The first-order valence-corrected chi connectivity index (χ1v) is 8.63. The Morgan fingerprint density at radius 2 is 2.13 bits per heavy atom. The Labute approximate surface area is 135 Å². The SMILES string of the molecule is Cn1nc2n(c1=O)C[C@@H](C(=O)N1CCOC3(CCCC3)C1)CC2. The van der Waals surface area contributed by atoms with Crippen molar-refractivity contribution in [1.82, 2.24) is 19.2 Å². The molecule has 126 valence electrons. The number of ether oxygens (including phenoxy) is 1. The van der Waals surface area contributed by atoms with Crippen LogP contribution in [0.3, 0.4) is 0 Å². The molecule has 1 aromatic rings. The molecule has 1 aromatic heterocycles. The summed E-state index contributed by atoms with van der Waals surface area (Å²) in [5.74, 6) is 0.873. The van der Waals surface area contributed by atoms with Crippen LogP contribution in [0.2, 0.25) is 0 Å². The number of hydrogen-bond acceptors (Lipinski definition) is 4. The number of nitrogens with zero attached hydrogens (tertiary/aromatic N) is 4. The average Bonchev–Trinajstić information content (AvgIpc) is 3.12. The number of morpholine rings is 1. The molecule has 4 rings (SSSR count). The molecule has 0 aromatic carbocycles. The first-order chi connectivity index (χ1) is 11.1. The number of fused-ring (bicyclic) bond motifs is 1. The van der Waals surface area contributed by atoms with Gasteiger partial charge in [-0.25, -0.2) is 9.48 Å². The summed E-state index contributed by atoms with van der Waals surface area (Å²) >= 11 is 0. The van der Waals surface area contributed by atoms with Crippen LogP contribution in [0.1, 0.15) is 37.9 Å². The zero-order valence-electron chi connectivity index (χ0n) is 13.7. The van der Waals surface area contributed by atoms with Crippen LogP contribution >= 0.6 is 0 Å². The second-order valence-electron chi connectivity index (χ2n) is 7.17. The van der Waals surface area contributed by atoms with E-state index in [-0.39, 0.29) is 23.1 Å². The minimum Gasteiger partial charge on any atom is -0.371 e. The van der Waals surface area contributed by atoms with Crippen LogP contribution in [-0.4, -0.2) is 50.5 Å². The third kappa shape index (κ3) is 2.51. The largest absolute Gasteiger partial charge is 0.371 e. The minimum absolute atomic E-state index is 0.0983. The van der Waals surface area contributed by atoms with Crippen LogP contribution in [-0.2, 0) is 29.5 Å². The molecule has 3 heterocycles. The van der Waals surface area contributed by atoms with Crippen molar-refractivity contribution in [3.05, 3.63) is 16.3 Å². The first-order valence-electron chi connectivity index (χ1n) is 8.63. The monoisotopic (exact) mass is 320 g/mol. The molecule has 1 aliphatic carbocycles. The molecule has 1 spiro atoms. The van der Waals surface area contributed by atoms with Gasteiger partial charge in [0.25, 0.3) is 0 Å². The highest BCUT2D eigenvalue weighted by Gasteiger charge is 2.42. The standard InChI is InChI=1S/C16H24N4O3/c1-18-15(22)20-10-12(4-5-13(20)17-18)14(21)19-8-9-23-16(11-19)6-2-3-7-16/h12H,2-11H2,1H3/t12-/m0/s1. The molecule has 7 heteroatoms. The number of aryl methyl sites for hydroxylation is 2. The summed E-state index contributed by atoms with van der Waals surface area (Å²) in [5.41, 5.74) is -0.217. The lowest BCUT2D eigenvalue weighted by Gasteiger charge is -2.42. The summed E-state index contributed by atoms with van der Waals surface area (Å²) in [5, 5.41) is 4.24. The topological polar surface area (TPSA) is 69.4 Å². The molecule has 1 saturated carbocycles. The Morgan fingerprint density at radius 1 is 1.35 bits per heavy atom. The van der Waals surface area contributed by atoms with Gasteiger partial charge < -0.3 is 9.64 Å². The smallest absolute Gasteiger partial charge is 0.345 e. The molecule has 1 saturated heterocycles. The lowest BCUT2D eigenvalue weighted by molar-refractivity contribution is -0.154. The molecular weight excluding hydrogens is 296 g/mol. The molecule has 7 nitrogen and oxygen atoms in total. The van der Waals surface area contributed by atoms with Gasteiger partial charge in [-0.05, 0) is 19.3 Å². The van der Waals surface area contributed by atoms with E-state index in [1.165, 1.54) is 17.5 Å². The maximum atomic E-state index is 12.9. The van der Waals surface area contributed by atoms with Gasteiger partial charge in [-0.15, -0.1) is 0 Å². The Hall–Kier alpha value is -1.63. The van der Waals surface area contributed by atoms with Gasteiger partial charge in [0, 0.05) is 33.1 Å². The van der Waals surface area contributed by atoms with Gasteiger partial charge in [0.2, 0.25) is 5.91 Å². The van der Waals surface area contributed by atoms with Gasteiger partial charge in [-0.2, -0.15) is 5.10 Å². The molecule has 3 aliphatic rings. The summed E-state index contributed by atoms with van der Waals surface area (Å²) in [6.45, 7) is 2.49. The van der Waals surface area contributed by atoms with Gasteiger partial charge in [0.15, 0.2) is 0 Å². The van der Waals surface area contributed by atoms with Crippen molar-refractivity contribution in [3.63, 3.8) is 0 Å². The van der Waals surface area contributed by atoms with E-state index in [4.69, 9.17) is 4.74 Å². The van der Waals surface area contributed by atoms with E-state index in [1.54, 1.807) is 11.6 Å². The van der Waals surface area contributed by atoms with Crippen LogP contribution in [0.4, 0.5) is 0 Å². The second kappa shape index (κ2) is 5.47. The van der Waals surface area contributed by atoms with Gasteiger partial charge in [0.05, 0.1) is 18.1 Å². The van der Waals surface area contributed by atoms with Gasteiger partial charge in [0.1, 0.15) is 5.82 Å². The Morgan fingerprint density at radius 3 is 2.91 bits per heavy atom. The van der Waals surface area contributed by atoms with Crippen LogP contribution in [0.15, 0.2) is 4.79 Å². The molecule has 0 bridgehead atoms. The molecule has 1 atom stereocenters. The van der Waals surface area contributed by atoms with Crippen molar-refractivity contribution in [1.29, 1.82) is 0 Å². The van der Waals surface area contributed by atoms with E-state index >= 15 is 0 Å². The molecule has 23 heavy (non-hydrogen) atoms.